The maximum Gasteiger partial charge on any atom is 0.303 e. The van der Waals surface area contributed by atoms with Crippen molar-refractivity contribution in [3.63, 3.8) is 0 Å². The molecule has 0 aromatic heterocycles. The Balaban J connectivity index is 1.41. The average molecular weight is 547 g/mol. The molecule has 0 bridgehead atoms. The third-order valence-electron chi connectivity index (χ3n) is 6.94. The summed E-state index contributed by atoms with van der Waals surface area (Å²) in [5.41, 5.74) is 4.65. The molecular weight excluding hydrogens is 508 g/mol. The number of rotatable bonds is 13. The van der Waals surface area contributed by atoms with Gasteiger partial charge in [-0.25, -0.2) is 0 Å². The van der Waals surface area contributed by atoms with Gasteiger partial charge in [-0.05, 0) is 48.7 Å². The summed E-state index contributed by atoms with van der Waals surface area (Å²) in [5.74, 6) is -0.992. The van der Waals surface area contributed by atoms with Gasteiger partial charge in [0.2, 0.25) is 5.91 Å². The first-order valence-electron chi connectivity index (χ1n) is 13.7. The minimum Gasteiger partial charge on any atom is -0.481 e. The van der Waals surface area contributed by atoms with Crippen LogP contribution in [0.1, 0.15) is 66.8 Å². The molecule has 3 aromatic rings. The molecular formula is C32H38N2O6. The number of aliphatic hydroxyl groups is 1. The number of benzene rings is 3. The summed E-state index contributed by atoms with van der Waals surface area (Å²) in [4.78, 5) is 25.1. The number of carboxylic acids is 1. The van der Waals surface area contributed by atoms with Crippen LogP contribution >= 0.6 is 0 Å². The summed E-state index contributed by atoms with van der Waals surface area (Å²) in [6, 6.07) is 25.6. The van der Waals surface area contributed by atoms with E-state index < -0.39 is 12.3 Å². The minimum atomic E-state index is -0.849. The lowest BCUT2D eigenvalue weighted by Crippen LogP contribution is -2.37. The van der Waals surface area contributed by atoms with E-state index in [9.17, 15) is 14.7 Å². The van der Waals surface area contributed by atoms with Crippen LogP contribution in [-0.4, -0.2) is 46.7 Å². The topological polar surface area (TPSA) is 108 Å². The maximum atomic E-state index is 12.2. The maximum absolute atomic E-state index is 12.2. The number of nitrogens with zero attached hydrogens (tertiary/aromatic N) is 1. The summed E-state index contributed by atoms with van der Waals surface area (Å²) in [6.07, 6.45) is 1.23. The van der Waals surface area contributed by atoms with E-state index in [1.54, 1.807) is 0 Å². The zero-order valence-electron chi connectivity index (χ0n) is 22.9. The molecule has 8 heteroatoms. The van der Waals surface area contributed by atoms with Gasteiger partial charge in [0, 0.05) is 43.6 Å². The quantitative estimate of drug-likeness (QED) is 0.245. The van der Waals surface area contributed by atoms with Crippen molar-refractivity contribution in [2.24, 2.45) is 0 Å². The molecule has 212 valence electrons. The fourth-order valence-corrected chi connectivity index (χ4v) is 4.85. The number of carbonyl (C=O) groups is 2. The number of unbranched alkanes of at least 4 members (excludes halogenated alkanes) is 1. The van der Waals surface area contributed by atoms with E-state index in [-0.39, 0.29) is 37.6 Å². The lowest BCUT2D eigenvalue weighted by atomic mass is 9.99. The molecule has 3 atom stereocenters. The first-order valence-corrected chi connectivity index (χ1v) is 13.7. The van der Waals surface area contributed by atoms with Crippen molar-refractivity contribution in [1.82, 2.24) is 4.90 Å². The summed E-state index contributed by atoms with van der Waals surface area (Å²) in [5, 5.41) is 21.0. The molecule has 0 radical (unpaired) electrons. The Labute approximate surface area is 235 Å². The zero-order chi connectivity index (χ0) is 28.3. The van der Waals surface area contributed by atoms with Gasteiger partial charge in [0.05, 0.1) is 18.8 Å². The summed E-state index contributed by atoms with van der Waals surface area (Å²) < 4.78 is 12.9. The van der Waals surface area contributed by atoms with Crippen LogP contribution in [-0.2, 0) is 32.2 Å². The fraction of sp³-hybridized carbons (Fsp3) is 0.375. The molecule has 0 saturated carbocycles. The van der Waals surface area contributed by atoms with E-state index in [1.807, 2.05) is 66.7 Å². The van der Waals surface area contributed by atoms with Crippen molar-refractivity contribution in [1.29, 1.82) is 0 Å². The van der Waals surface area contributed by atoms with E-state index in [0.29, 0.717) is 24.9 Å². The van der Waals surface area contributed by atoms with Gasteiger partial charge in [-0.2, -0.15) is 0 Å². The van der Waals surface area contributed by atoms with Crippen LogP contribution in [0.25, 0.3) is 0 Å². The average Bonchev–Trinajstić information content (AvgIpc) is 2.96. The number of carboxylic acid groups (broad SMARTS) is 1. The Morgan fingerprint density at radius 1 is 0.875 bits per heavy atom. The van der Waals surface area contributed by atoms with Crippen LogP contribution in [0.3, 0.4) is 0 Å². The number of likely N-dealkylation sites (N-methyl/N-ethyl adjacent to an activating group) is 1. The number of nitrogens with one attached hydrogen (secondary N) is 1. The number of hydrogen-bond donors (Lipinski definition) is 3. The van der Waals surface area contributed by atoms with Crippen molar-refractivity contribution in [3.8, 4) is 0 Å². The number of aliphatic carboxylic acids is 1. The second kappa shape index (κ2) is 14.7. The number of anilines is 1. The molecule has 1 saturated heterocycles. The lowest BCUT2D eigenvalue weighted by molar-refractivity contribution is -0.252. The molecule has 0 spiro atoms. The van der Waals surface area contributed by atoms with Crippen molar-refractivity contribution in [3.05, 3.63) is 101 Å². The van der Waals surface area contributed by atoms with Crippen LogP contribution in [0.15, 0.2) is 78.9 Å². The van der Waals surface area contributed by atoms with Gasteiger partial charge in [0.1, 0.15) is 0 Å². The summed E-state index contributed by atoms with van der Waals surface area (Å²) in [7, 11) is 2.09. The molecule has 1 fully saturated rings. The molecule has 1 amide bonds. The Kier molecular flexibility index (Phi) is 10.8. The Bertz CT molecular complexity index is 1220. The van der Waals surface area contributed by atoms with E-state index >= 15 is 0 Å². The van der Waals surface area contributed by atoms with E-state index in [0.717, 1.165) is 29.8 Å². The van der Waals surface area contributed by atoms with Crippen molar-refractivity contribution in [2.45, 2.75) is 63.8 Å². The van der Waals surface area contributed by atoms with Gasteiger partial charge in [-0.1, -0.05) is 66.7 Å². The molecule has 0 aliphatic carbocycles. The molecule has 40 heavy (non-hydrogen) atoms. The zero-order valence-corrected chi connectivity index (χ0v) is 22.9. The molecule has 4 rings (SSSR count). The largest absolute Gasteiger partial charge is 0.481 e. The minimum absolute atomic E-state index is 0.00430. The molecule has 8 nitrogen and oxygen atoms in total. The highest BCUT2D eigenvalue weighted by atomic mass is 16.7. The highest BCUT2D eigenvalue weighted by Gasteiger charge is 2.32. The summed E-state index contributed by atoms with van der Waals surface area (Å²) in [6.45, 7) is 1.54. The Morgan fingerprint density at radius 2 is 1.55 bits per heavy atom. The second-order valence-electron chi connectivity index (χ2n) is 10.3. The molecule has 1 heterocycles. The van der Waals surface area contributed by atoms with Gasteiger partial charge in [0.25, 0.3) is 0 Å². The van der Waals surface area contributed by atoms with Crippen molar-refractivity contribution >= 4 is 17.6 Å². The van der Waals surface area contributed by atoms with Crippen LogP contribution in [0, 0.1) is 0 Å². The van der Waals surface area contributed by atoms with Crippen LogP contribution in [0.4, 0.5) is 5.69 Å². The normalized spacial score (nSPS) is 18.9. The number of hydrogen-bond acceptors (Lipinski definition) is 6. The van der Waals surface area contributed by atoms with Crippen molar-refractivity contribution < 1.29 is 29.3 Å². The third kappa shape index (κ3) is 8.99. The highest BCUT2D eigenvalue weighted by molar-refractivity contribution is 5.90. The predicted molar refractivity (Wildman–Crippen MR) is 152 cm³/mol. The van der Waals surface area contributed by atoms with Gasteiger partial charge in [-0.15, -0.1) is 0 Å². The van der Waals surface area contributed by atoms with E-state index in [2.05, 4.69) is 29.4 Å². The van der Waals surface area contributed by atoms with Crippen LogP contribution in [0.2, 0.25) is 0 Å². The standard InChI is InChI=1S/C32H38N2O6/c1-34(20-23-7-3-2-4-8-23)21-28-19-29(25-13-11-24(22-35)12-14-25)40-32(39-28)26-15-17-27(18-16-26)33-30(36)9-5-6-10-31(37)38/h2-4,7-8,11-18,28-29,32,35H,5-6,9-10,19-22H2,1H3,(H,33,36)(H,37,38). The molecule has 1 aliphatic rings. The van der Waals surface area contributed by atoms with Gasteiger partial charge in [-0.3, -0.25) is 14.5 Å². The van der Waals surface area contributed by atoms with Gasteiger partial charge in [0.15, 0.2) is 6.29 Å². The van der Waals surface area contributed by atoms with Crippen LogP contribution < -0.4 is 5.32 Å². The highest BCUT2D eigenvalue weighted by Crippen LogP contribution is 2.38. The molecule has 3 N–H and O–H groups in total. The first kappa shape index (κ1) is 29.4. The van der Waals surface area contributed by atoms with Crippen molar-refractivity contribution in [2.75, 3.05) is 18.9 Å². The number of carbonyl (C=O) groups excluding carboxylic acids is 1. The fourth-order valence-electron chi connectivity index (χ4n) is 4.85. The van der Waals surface area contributed by atoms with Gasteiger partial charge >= 0.3 is 5.97 Å². The van der Waals surface area contributed by atoms with E-state index in [4.69, 9.17) is 14.6 Å². The smallest absolute Gasteiger partial charge is 0.303 e. The predicted octanol–water partition coefficient (Wildman–Crippen LogP) is 5.44. The Morgan fingerprint density at radius 3 is 2.23 bits per heavy atom. The number of ether oxygens (including phenoxy) is 2. The SMILES string of the molecule is CN(Cc1ccccc1)CC1CC(c2ccc(CO)cc2)OC(c2ccc(NC(=O)CCCCC(=O)O)cc2)O1. The first-order chi connectivity index (χ1) is 19.4. The number of amides is 1. The monoisotopic (exact) mass is 546 g/mol. The molecule has 3 aromatic carbocycles. The summed E-state index contributed by atoms with van der Waals surface area (Å²) >= 11 is 0. The van der Waals surface area contributed by atoms with Gasteiger partial charge < -0.3 is 25.0 Å². The molecule has 1 aliphatic heterocycles. The third-order valence-corrected chi connectivity index (χ3v) is 6.94. The van der Waals surface area contributed by atoms with E-state index in [1.165, 1.54) is 5.56 Å². The lowest BCUT2D eigenvalue weighted by Gasteiger charge is -2.38. The molecule has 3 unspecified atom stereocenters. The van der Waals surface area contributed by atoms with Crippen LogP contribution in [0.5, 0.6) is 0 Å². The Hall–Kier alpha value is -3.56. The second-order valence-corrected chi connectivity index (χ2v) is 10.3. The number of aliphatic hydroxyl groups excluding tert-OH is 1.